The smallest absolute Gasteiger partial charge is 0.265 e. The first-order chi connectivity index (χ1) is 16.8. The Labute approximate surface area is 206 Å². The van der Waals surface area contributed by atoms with Gasteiger partial charge in [0.25, 0.3) is 5.91 Å². The highest BCUT2D eigenvalue weighted by atomic mass is 32.2. The van der Waals surface area contributed by atoms with Gasteiger partial charge in [-0.05, 0) is 62.3 Å². The minimum absolute atomic E-state index is 0.0916. The second kappa shape index (κ2) is 9.28. The third-order valence-electron chi connectivity index (χ3n) is 7.26. The van der Waals surface area contributed by atoms with E-state index in [0.717, 1.165) is 18.5 Å². The van der Waals surface area contributed by atoms with Gasteiger partial charge in [0.05, 0.1) is 10.6 Å². The van der Waals surface area contributed by atoms with Gasteiger partial charge in [-0.1, -0.05) is 25.1 Å². The number of benzene rings is 2. The molecule has 0 aliphatic carbocycles. The number of fused-ring (bicyclic) bond motifs is 2. The Balaban J connectivity index is 1.31. The lowest BCUT2D eigenvalue weighted by molar-refractivity contribution is -0.124. The fourth-order valence-electron chi connectivity index (χ4n) is 5.30. The number of piperidine rings is 1. The van der Waals surface area contributed by atoms with Gasteiger partial charge in [0.2, 0.25) is 15.9 Å². The van der Waals surface area contributed by atoms with Crippen molar-refractivity contribution in [3.05, 3.63) is 47.5 Å². The first kappa shape index (κ1) is 23.8. The van der Waals surface area contributed by atoms with Crippen LogP contribution in [-0.2, 0) is 26.0 Å². The van der Waals surface area contributed by atoms with Crippen LogP contribution in [0.1, 0.15) is 43.7 Å². The van der Waals surface area contributed by atoms with E-state index in [4.69, 9.17) is 4.74 Å². The maximum atomic E-state index is 13.5. The largest absolute Gasteiger partial charge is 0.478 e. The Bertz CT molecular complexity index is 1270. The number of carbonyl (C=O) groups is 2. The zero-order chi connectivity index (χ0) is 24.7. The van der Waals surface area contributed by atoms with Gasteiger partial charge in [-0.2, -0.15) is 4.31 Å². The van der Waals surface area contributed by atoms with E-state index in [1.807, 2.05) is 30.0 Å². The standard InChI is InChI=1S/C26H31N3O5S/c1-3-22-25(30)27-20-15-17(2)24(16-23(20)34-22)35(32,33)28-13-10-19(11-14-28)26(31)29-12-6-8-18-7-4-5-9-21(18)29/h4-5,7,9,15-16,19,22H,3,6,8,10-14H2,1-2H3,(H,27,30)/t22-/m1/s1. The predicted octanol–water partition coefficient (Wildman–Crippen LogP) is 3.48. The maximum absolute atomic E-state index is 13.5. The van der Waals surface area contributed by atoms with Gasteiger partial charge in [0.15, 0.2) is 6.10 Å². The van der Waals surface area contributed by atoms with Crippen LogP contribution < -0.4 is 15.0 Å². The number of nitrogens with zero attached hydrogens (tertiary/aromatic N) is 2. The van der Waals surface area contributed by atoms with Crippen molar-refractivity contribution >= 4 is 33.2 Å². The molecule has 0 saturated carbocycles. The molecule has 1 saturated heterocycles. The lowest BCUT2D eigenvalue weighted by atomic mass is 9.94. The molecule has 0 bridgehead atoms. The van der Waals surface area contributed by atoms with Crippen LogP contribution >= 0.6 is 0 Å². The molecule has 1 atom stereocenters. The summed E-state index contributed by atoms with van der Waals surface area (Å²) in [6, 6.07) is 11.2. The highest BCUT2D eigenvalue weighted by Crippen LogP contribution is 2.37. The summed E-state index contributed by atoms with van der Waals surface area (Å²) in [5.74, 6) is 0.0440. The van der Waals surface area contributed by atoms with E-state index in [0.29, 0.717) is 55.9 Å². The van der Waals surface area contributed by atoms with Gasteiger partial charge in [-0.15, -0.1) is 0 Å². The van der Waals surface area contributed by atoms with E-state index < -0.39 is 16.1 Å². The van der Waals surface area contributed by atoms with Crippen molar-refractivity contribution in [1.29, 1.82) is 0 Å². The highest BCUT2D eigenvalue weighted by molar-refractivity contribution is 7.89. The zero-order valence-electron chi connectivity index (χ0n) is 20.1. The number of carbonyl (C=O) groups excluding carboxylic acids is 2. The van der Waals surface area contributed by atoms with E-state index in [9.17, 15) is 18.0 Å². The normalized spacial score (nSPS) is 21.0. The number of sulfonamides is 1. The Hall–Kier alpha value is -2.91. The summed E-state index contributed by atoms with van der Waals surface area (Å²) in [5.41, 5.74) is 3.22. The molecule has 5 rings (SSSR count). The Morgan fingerprint density at radius 3 is 2.63 bits per heavy atom. The first-order valence-electron chi connectivity index (χ1n) is 12.3. The zero-order valence-corrected chi connectivity index (χ0v) is 20.9. The van der Waals surface area contributed by atoms with Crippen molar-refractivity contribution in [2.75, 3.05) is 29.9 Å². The van der Waals surface area contributed by atoms with Gasteiger partial charge in [-0.25, -0.2) is 8.42 Å². The van der Waals surface area contributed by atoms with Crippen molar-refractivity contribution in [2.45, 2.75) is 57.0 Å². The number of rotatable bonds is 4. The molecule has 1 N–H and O–H groups in total. The van der Waals surface area contributed by atoms with Crippen LogP contribution in [-0.4, -0.2) is 50.3 Å². The lowest BCUT2D eigenvalue weighted by Gasteiger charge is -2.36. The number of hydrogen-bond acceptors (Lipinski definition) is 5. The number of anilines is 2. The molecule has 0 radical (unpaired) electrons. The molecule has 35 heavy (non-hydrogen) atoms. The number of aryl methyl sites for hydroxylation is 2. The number of para-hydroxylation sites is 1. The summed E-state index contributed by atoms with van der Waals surface area (Å²) in [5, 5.41) is 2.80. The molecule has 3 aliphatic heterocycles. The van der Waals surface area contributed by atoms with E-state index >= 15 is 0 Å². The summed E-state index contributed by atoms with van der Waals surface area (Å²) >= 11 is 0. The fraction of sp³-hybridized carbons (Fsp3) is 0.462. The molecule has 9 heteroatoms. The van der Waals surface area contributed by atoms with E-state index in [-0.39, 0.29) is 22.6 Å². The Morgan fingerprint density at radius 1 is 1.14 bits per heavy atom. The van der Waals surface area contributed by atoms with Crippen LogP contribution in [0, 0.1) is 12.8 Å². The minimum Gasteiger partial charge on any atom is -0.478 e. The van der Waals surface area contributed by atoms with E-state index in [1.54, 1.807) is 13.0 Å². The van der Waals surface area contributed by atoms with Crippen LogP contribution in [0.25, 0.3) is 0 Å². The molecule has 0 unspecified atom stereocenters. The summed E-state index contributed by atoms with van der Waals surface area (Å²) in [6.07, 6.45) is 2.75. The van der Waals surface area contributed by atoms with Crippen LogP contribution in [0.2, 0.25) is 0 Å². The maximum Gasteiger partial charge on any atom is 0.265 e. The van der Waals surface area contributed by atoms with Crippen LogP contribution in [0.5, 0.6) is 5.75 Å². The van der Waals surface area contributed by atoms with Gasteiger partial charge < -0.3 is 15.0 Å². The molecular weight excluding hydrogens is 466 g/mol. The van der Waals surface area contributed by atoms with Crippen LogP contribution in [0.4, 0.5) is 11.4 Å². The number of amides is 2. The molecule has 8 nitrogen and oxygen atoms in total. The summed E-state index contributed by atoms with van der Waals surface area (Å²) in [6.45, 7) is 4.85. The molecule has 2 aromatic rings. The molecule has 1 fully saturated rings. The molecule has 2 aromatic carbocycles. The average Bonchev–Trinajstić information content (AvgIpc) is 2.87. The van der Waals surface area contributed by atoms with Gasteiger partial charge in [0, 0.05) is 37.3 Å². The van der Waals surface area contributed by atoms with E-state index in [2.05, 4.69) is 11.4 Å². The van der Waals surface area contributed by atoms with Gasteiger partial charge in [0.1, 0.15) is 5.75 Å². The number of hydrogen-bond donors (Lipinski definition) is 1. The van der Waals surface area contributed by atoms with Crippen molar-refractivity contribution in [3.63, 3.8) is 0 Å². The van der Waals surface area contributed by atoms with Gasteiger partial charge >= 0.3 is 0 Å². The highest BCUT2D eigenvalue weighted by Gasteiger charge is 2.37. The molecule has 186 valence electrons. The molecule has 3 heterocycles. The fourth-order valence-corrected chi connectivity index (χ4v) is 6.99. The first-order valence-corrected chi connectivity index (χ1v) is 13.7. The summed E-state index contributed by atoms with van der Waals surface area (Å²) < 4.78 is 34.3. The third-order valence-corrected chi connectivity index (χ3v) is 9.31. The summed E-state index contributed by atoms with van der Waals surface area (Å²) in [4.78, 5) is 27.5. The molecule has 2 amide bonds. The number of ether oxygens (including phenoxy) is 1. The minimum atomic E-state index is -3.77. The van der Waals surface area contributed by atoms with Crippen LogP contribution in [0.3, 0.4) is 0 Å². The number of nitrogens with one attached hydrogen (secondary N) is 1. The van der Waals surface area contributed by atoms with Crippen molar-refractivity contribution < 1.29 is 22.7 Å². The SMILES string of the molecule is CC[C@H]1Oc2cc(S(=O)(=O)N3CCC(C(=O)N4CCCc5ccccc54)CC3)c(C)cc2NC1=O. The monoisotopic (exact) mass is 497 g/mol. The predicted molar refractivity (Wildman–Crippen MR) is 133 cm³/mol. The molecule has 0 aromatic heterocycles. The second-order valence-electron chi connectivity index (χ2n) is 9.52. The molecular formula is C26H31N3O5S. The average molecular weight is 498 g/mol. The Kier molecular flexibility index (Phi) is 6.31. The van der Waals surface area contributed by atoms with Crippen LogP contribution in [0.15, 0.2) is 41.3 Å². The second-order valence-corrected chi connectivity index (χ2v) is 11.4. The summed E-state index contributed by atoms with van der Waals surface area (Å²) in [7, 11) is -3.77. The van der Waals surface area contributed by atoms with Gasteiger partial charge in [-0.3, -0.25) is 9.59 Å². The molecule has 3 aliphatic rings. The van der Waals surface area contributed by atoms with Crippen molar-refractivity contribution in [1.82, 2.24) is 4.31 Å². The van der Waals surface area contributed by atoms with E-state index in [1.165, 1.54) is 15.9 Å². The third kappa shape index (κ3) is 4.31. The Morgan fingerprint density at radius 2 is 1.89 bits per heavy atom. The van der Waals surface area contributed by atoms with Crippen molar-refractivity contribution in [3.8, 4) is 5.75 Å². The quantitative estimate of drug-likeness (QED) is 0.698. The van der Waals surface area contributed by atoms with Crippen molar-refractivity contribution in [2.24, 2.45) is 5.92 Å². The topological polar surface area (TPSA) is 96.0 Å². The molecule has 0 spiro atoms. The lowest BCUT2D eigenvalue weighted by Crippen LogP contribution is -2.45.